The zero-order chi connectivity index (χ0) is 20.6. The first kappa shape index (κ1) is 19.3. The van der Waals surface area contributed by atoms with Crippen molar-refractivity contribution in [2.75, 3.05) is 4.90 Å². The van der Waals surface area contributed by atoms with Crippen molar-refractivity contribution in [1.29, 1.82) is 0 Å². The minimum absolute atomic E-state index is 0.195. The third-order valence-electron chi connectivity index (χ3n) is 4.69. The molecule has 0 spiro atoms. The Hall–Kier alpha value is -3.99. The third-order valence-corrected chi connectivity index (χ3v) is 4.69. The number of carbonyl (C=O) groups is 1. The topological polar surface area (TPSA) is 58.1 Å². The molecule has 0 aliphatic carbocycles. The second kappa shape index (κ2) is 9.47. The number of nitrogens with one attached hydrogen (secondary N) is 1. The van der Waals surface area contributed by atoms with Crippen LogP contribution in [0.4, 0.5) is 11.6 Å². The van der Waals surface area contributed by atoms with Gasteiger partial charge in [0.2, 0.25) is 5.95 Å². The first-order chi connectivity index (χ1) is 14.8. The summed E-state index contributed by atoms with van der Waals surface area (Å²) >= 11 is 0. The molecule has 5 heteroatoms. The monoisotopic (exact) mass is 394 g/mol. The van der Waals surface area contributed by atoms with Gasteiger partial charge in [0.1, 0.15) is 0 Å². The highest BCUT2D eigenvalue weighted by molar-refractivity contribution is 5.93. The van der Waals surface area contributed by atoms with Crippen molar-refractivity contribution in [2.45, 2.75) is 13.1 Å². The predicted octanol–water partition coefficient (Wildman–Crippen LogP) is 4.74. The highest BCUT2D eigenvalue weighted by Crippen LogP contribution is 2.24. The molecule has 0 aliphatic rings. The SMILES string of the molecule is O=C(NCc1ccccc1)c1cnc(N(Cc2ccccc2)c2ccccc2)nc1. The minimum Gasteiger partial charge on any atom is -0.348 e. The summed E-state index contributed by atoms with van der Waals surface area (Å²) in [5, 5.41) is 2.90. The number of anilines is 2. The lowest BCUT2D eigenvalue weighted by atomic mass is 10.2. The maximum Gasteiger partial charge on any atom is 0.254 e. The predicted molar refractivity (Wildman–Crippen MR) is 118 cm³/mol. The van der Waals surface area contributed by atoms with Crippen molar-refractivity contribution in [3.63, 3.8) is 0 Å². The standard InChI is InChI=1S/C25H22N4O/c30-24(26-16-20-10-4-1-5-11-20)22-17-27-25(28-18-22)29(23-14-8-3-9-15-23)19-21-12-6-2-7-13-21/h1-15,17-18H,16,19H2,(H,26,30). The number of carbonyl (C=O) groups excluding carboxylic acids is 1. The van der Waals surface area contributed by atoms with Crippen molar-refractivity contribution < 1.29 is 4.79 Å². The molecule has 148 valence electrons. The average Bonchev–Trinajstić information content (AvgIpc) is 2.83. The van der Waals surface area contributed by atoms with Crippen molar-refractivity contribution in [2.24, 2.45) is 0 Å². The molecule has 0 unspecified atom stereocenters. The number of hydrogen-bond donors (Lipinski definition) is 1. The largest absolute Gasteiger partial charge is 0.348 e. The molecule has 0 aliphatic heterocycles. The Morgan fingerprint density at radius 1 is 0.733 bits per heavy atom. The molecule has 5 nitrogen and oxygen atoms in total. The van der Waals surface area contributed by atoms with Gasteiger partial charge < -0.3 is 10.2 Å². The second-order valence-electron chi connectivity index (χ2n) is 6.85. The number of hydrogen-bond acceptors (Lipinski definition) is 4. The van der Waals surface area contributed by atoms with Crippen LogP contribution >= 0.6 is 0 Å². The molecule has 0 atom stereocenters. The first-order valence-electron chi connectivity index (χ1n) is 9.80. The van der Waals surface area contributed by atoms with Crippen LogP contribution in [-0.4, -0.2) is 15.9 Å². The summed E-state index contributed by atoms with van der Waals surface area (Å²) in [5.41, 5.74) is 3.61. The number of aromatic nitrogens is 2. The van der Waals surface area contributed by atoms with E-state index < -0.39 is 0 Å². The molecule has 3 aromatic carbocycles. The average molecular weight is 394 g/mol. The van der Waals surface area contributed by atoms with Crippen LogP contribution in [0, 0.1) is 0 Å². The summed E-state index contributed by atoms with van der Waals surface area (Å²) in [7, 11) is 0. The van der Waals surface area contributed by atoms with Gasteiger partial charge in [0.15, 0.2) is 0 Å². The van der Waals surface area contributed by atoms with Gasteiger partial charge in [0, 0.05) is 24.6 Å². The summed E-state index contributed by atoms with van der Waals surface area (Å²) in [4.78, 5) is 23.4. The van der Waals surface area contributed by atoms with Gasteiger partial charge >= 0.3 is 0 Å². The number of benzene rings is 3. The highest BCUT2D eigenvalue weighted by Gasteiger charge is 2.14. The number of amides is 1. The van der Waals surface area contributed by atoms with E-state index in [-0.39, 0.29) is 5.91 Å². The van der Waals surface area contributed by atoms with Gasteiger partial charge in [-0.3, -0.25) is 4.79 Å². The fourth-order valence-corrected chi connectivity index (χ4v) is 3.11. The van der Waals surface area contributed by atoms with E-state index in [2.05, 4.69) is 27.4 Å². The van der Waals surface area contributed by atoms with Crippen molar-refractivity contribution in [3.05, 3.63) is 120 Å². The molecule has 0 fully saturated rings. The molecule has 1 N–H and O–H groups in total. The van der Waals surface area contributed by atoms with Crippen LogP contribution in [-0.2, 0) is 13.1 Å². The highest BCUT2D eigenvalue weighted by atomic mass is 16.1. The van der Waals surface area contributed by atoms with Gasteiger partial charge in [-0.25, -0.2) is 9.97 Å². The van der Waals surface area contributed by atoms with Gasteiger partial charge in [-0.1, -0.05) is 78.9 Å². The molecule has 1 amide bonds. The Bertz CT molecular complexity index is 1070. The smallest absolute Gasteiger partial charge is 0.254 e. The third kappa shape index (κ3) is 4.89. The number of para-hydroxylation sites is 1. The van der Waals surface area contributed by atoms with Gasteiger partial charge in [0.05, 0.1) is 12.1 Å². The Morgan fingerprint density at radius 3 is 1.87 bits per heavy atom. The zero-order valence-electron chi connectivity index (χ0n) is 16.5. The van der Waals surface area contributed by atoms with Crippen LogP contribution in [0.5, 0.6) is 0 Å². The first-order valence-corrected chi connectivity index (χ1v) is 9.80. The van der Waals surface area contributed by atoms with E-state index in [1.807, 2.05) is 83.8 Å². The molecule has 0 bridgehead atoms. The molecule has 0 saturated carbocycles. The van der Waals surface area contributed by atoms with E-state index in [4.69, 9.17) is 0 Å². The zero-order valence-corrected chi connectivity index (χ0v) is 16.5. The van der Waals surface area contributed by atoms with Crippen molar-refractivity contribution in [3.8, 4) is 0 Å². The minimum atomic E-state index is -0.195. The van der Waals surface area contributed by atoms with Gasteiger partial charge in [-0.05, 0) is 23.3 Å². The molecule has 0 saturated heterocycles. The fourth-order valence-electron chi connectivity index (χ4n) is 3.11. The molecule has 1 heterocycles. The van der Waals surface area contributed by atoms with Crippen molar-refractivity contribution in [1.82, 2.24) is 15.3 Å². The number of rotatable bonds is 7. The maximum atomic E-state index is 12.5. The fraction of sp³-hybridized carbons (Fsp3) is 0.0800. The van der Waals surface area contributed by atoms with E-state index in [0.717, 1.165) is 16.8 Å². The van der Waals surface area contributed by atoms with E-state index in [0.29, 0.717) is 24.6 Å². The van der Waals surface area contributed by atoms with Crippen LogP contribution in [0.25, 0.3) is 0 Å². The molecule has 4 aromatic rings. The Morgan fingerprint density at radius 2 is 1.27 bits per heavy atom. The Labute approximate surface area is 176 Å². The normalized spacial score (nSPS) is 10.4. The van der Waals surface area contributed by atoms with Crippen LogP contribution < -0.4 is 10.2 Å². The van der Waals surface area contributed by atoms with E-state index >= 15 is 0 Å². The molecule has 30 heavy (non-hydrogen) atoms. The van der Waals surface area contributed by atoms with E-state index in [1.54, 1.807) is 12.4 Å². The van der Waals surface area contributed by atoms with E-state index in [1.165, 1.54) is 0 Å². The summed E-state index contributed by atoms with van der Waals surface area (Å²) in [6, 6.07) is 29.9. The second-order valence-corrected chi connectivity index (χ2v) is 6.85. The van der Waals surface area contributed by atoms with Crippen LogP contribution in [0.2, 0.25) is 0 Å². The van der Waals surface area contributed by atoms with Gasteiger partial charge in [-0.15, -0.1) is 0 Å². The lowest BCUT2D eigenvalue weighted by molar-refractivity contribution is 0.0950. The summed E-state index contributed by atoms with van der Waals surface area (Å²) < 4.78 is 0. The maximum absolute atomic E-state index is 12.5. The molecular weight excluding hydrogens is 372 g/mol. The Kier molecular flexibility index (Phi) is 6.11. The molecular formula is C25H22N4O. The number of nitrogens with zero attached hydrogens (tertiary/aromatic N) is 3. The summed E-state index contributed by atoms with van der Waals surface area (Å²) in [5.74, 6) is 0.351. The van der Waals surface area contributed by atoms with Crippen LogP contribution in [0.15, 0.2) is 103 Å². The van der Waals surface area contributed by atoms with Crippen LogP contribution in [0.3, 0.4) is 0 Å². The Balaban J connectivity index is 1.51. The van der Waals surface area contributed by atoms with Crippen LogP contribution in [0.1, 0.15) is 21.5 Å². The quantitative estimate of drug-likeness (QED) is 0.492. The molecule has 0 radical (unpaired) electrons. The van der Waals surface area contributed by atoms with E-state index in [9.17, 15) is 4.79 Å². The lowest BCUT2D eigenvalue weighted by Gasteiger charge is -2.23. The van der Waals surface area contributed by atoms with Crippen molar-refractivity contribution >= 4 is 17.5 Å². The molecule has 1 aromatic heterocycles. The van der Waals surface area contributed by atoms with Gasteiger partial charge in [-0.2, -0.15) is 0 Å². The summed E-state index contributed by atoms with van der Waals surface area (Å²) in [6.07, 6.45) is 3.15. The lowest BCUT2D eigenvalue weighted by Crippen LogP contribution is -2.24. The summed E-state index contributed by atoms with van der Waals surface area (Å²) in [6.45, 7) is 1.09. The molecule has 4 rings (SSSR count). The van der Waals surface area contributed by atoms with Gasteiger partial charge in [0.25, 0.3) is 5.91 Å².